The molecule has 2 aliphatic rings. The highest BCUT2D eigenvalue weighted by Gasteiger charge is 2.50. The lowest BCUT2D eigenvalue weighted by molar-refractivity contribution is -0.175. The van der Waals surface area contributed by atoms with Gasteiger partial charge in [-0.3, -0.25) is 0 Å². The molecule has 0 aromatic carbocycles. The van der Waals surface area contributed by atoms with Crippen molar-refractivity contribution in [2.45, 2.75) is 38.3 Å². The summed E-state index contributed by atoms with van der Waals surface area (Å²) in [6.07, 6.45) is -0.540. The van der Waals surface area contributed by atoms with Crippen LogP contribution < -0.4 is 0 Å². The van der Waals surface area contributed by atoms with Gasteiger partial charge in [-0.25, -0.2) is 0 Å². The third-order valence-corrected chi connectivity index (χ3v) is 4.21. The van der Waals surface area contributed by atoms with Gasteiger partial charge in [-0.1, -0.05) is 0 Å². The molecule has 88 valence electrons. The van der Waals surface area contributed by atoms with Gasteiger partial charge in [0.25, 0.3) is 0 Å². The Bertz CT molecular complexity index is 228. The van der Waals surface area contributed by atoms with Gasteiger partial charge in [-0.05, 0) is 57.7 Å². The third-order valence-electron chi connectivity index (χ3n) is 4.21. The van der Waals surface area contributed by atoms with E-state index in [0.717, 1.165) is 32.4 Å². The van der Waals surface area contributed by atoms with Crippen molar-refractivity contribution in [1.29, 1.82) is 0 Å². The summed E-state index contributed by atoms with van der Waals surface area (Å²) in [4.78, 5) is 2.21. The van der Waals surface area contributed by atoms with Crippen molar-refractivity contribution in [3.63, 3.8) is 0 Å². The molecule has 1 heterocycles. The predicted octanol–water partition coefficient (Wildman–Crippen LogP) is 3.06. The fraction of sp³-hybridized carbons (Fsp3) is 1.00. The Balaban J connectivity index is 1.97. The zero-order chi connectivity index (χ0) is 11.1. The van der Waals surface area contributed by atoms with Crippen LogP contribution in [0.25, 0.3) is 0 Å². The summed E-state index contributed by atoms with van der Waals surface area (Å²) in [6, 6.07) is 0. The van der Waals surface area contributed by atoms with Gasteiger partial charge in [0.1, 0.15) is 0 Å². The smallest absolute Gasteiger partial charge is 0.306 e. The van der Waals surface area contributed by atoms with Gasteiger partial charge in [0.05, 0.1) is 5.92 Å². The van der Waals surface area contributed by atoms with E-state index in [4.69, 9.17) is 0 Å². The maximum atomic E-state index is 12.6. The number of halogens is 3. The second kappa shape index (κ2) is 3.65. The van der Waals surface area contributed by atoms with Gasteiger partial charge in [0, 0.05) is 0 Å². The molecule has 0 bridgehead atoms. The summed E-state index contributed by atoms with van der Waals surface area (Å²) >= 11 is 0. The molecule has 4 heteroatoms. The lowest BCUT2D eigenvalue weighted by Crippen LogP contribution is -2.37. The monoisotopic (exact) mass is 221 g/mol. The van der Waals surface area contributed by atoms with Crippen molar-refractivity contribution in [3.05, 3.63) is 0 Å². The van der Waals surface area contributed by atoms with Gasteiger partial charge >= 0.3 is 6.18 Å². The number of nitrogens with zero attached hydrogens (tertiary/aromatic N) is 1. The topological polar surface area (TPSA) is 3.24 Å². The molecule has 0 aromatic rings. The molecule has 1 unspecified atom stereocenters. The SMILES string of the molecule is CN1CCC2(CCC(C(F)(F)F)C2)CC1. The first kappa shape index (κ1) is 11.2. The first-order valence-corrected chi connectivity index (χ1v) is 5.67. The average Bonchev–Trinajstić information content (AvgIpc) is 2.55. The molecule has 1 aliphatic carbocycles. The van der Waals surface area contributed by atoms with Gasteiger partial charge in [-0.15, -0.1) is 0 Å². The molecule has 0 amide bonds. The fourth-order valence-electron chi connectivity index (χ4n) is 3.03. The molecule has 1 saturated carbocycles. The number of rotatable bonds is 0. The van der Waals surface area contributed by atoms with E-state index in [9.17, 15) is 13.2 Å². The number of likely N-dealkylation sites (tertiary alicyclic amines) is 1. The third kappa shape index (κ3) is 2.30. The van der Waals surface area contributed by atoms with E-state index in [1.165, 1.54) is 0 Å². The van der Waals surface area contributed by atoms with Crippen LogP contribution in [-0.2, 0) is 0 Å². The van der Waals surface area contributed by atoms with Gasteiger partial charge < -0.3 is 4.90 Å². The standard InChI is InChI=1S/C11H18F3N/c1-15-6-4-10(5-7-15)3-2-9(8-10)11(12,13)14/h9H,2-8H2,1H3. The van der Waals surface area contributed by atoms with Crippen molar-refractivity contribution < 1.29 is 13.2 Å². The largest absolute Gasteiger partial charge is 0.391 e. The Hall–Kier alpha value is -0.250. The Labute approximate surface area is 88.6 Å². The van der Waals surface area contributed by atoms with E-state index in [1.54, 1.807) is 0 Å². The molecule has 1 nitrogen and oxygen atoms in total. The maximum Gasteiger partial charge on any atom is 0.391 e. The Morgan fingerprint density at radius 3 is 2.20 bits per heavy atom. The predicted molar refractivity (Wildman–Crippen MR) is 52.6 cm³/mol. The molecule has 0 N–H and O–H groups in total. The van der Waals surface area contributed by atoms with Crippen LogP contribution >= 0.6 is 0 Å². The summed E-state index contributed by atoms with van der Waals surface area (Å²) in [5, 5.41) is 0. The summed E-state index contributed by atoms with van der Waals surface area (Å²) in [6.45, 7) is 1.93. The summed E-state index contributed by atoms with van der Waals surface area (Å²) in [5.74, 6) is -1.03. The molecular formula is C11H18F3N. The highest BCUT2D eigenvalue weighted by molar-refractivity contribution is 4.94. The van der Waals surface area contributed by atoms with Crippen molar-refractivity contribution in [2.75, 3.05) is 20.1 Å². The number of hydrogen-bond donors (Lipinski definition) is 0. The number of piperidine rings is 1. The highest BCUT2D eigenvalue weighted by atomic mass is 19.4. The van der Waals surface area contributed by atoms with E-state index < -0.39 is 12.1 Å². The van der Waals surface area contributed by atoms with Crippen molar-refractivity contribution >= 4 is 0 Å². The van der Waals surface area contributed by atoms with E-state index >= 15 is 0 Å². The maximum absolute atomic E-state index is 12.6. The van der Waals surface area contributed by atoms with Crippen LogP contribution in [0.5, 0.6) is 0 Å². The van der Waals surface area contributed by atoms with Crippen LogP contribution in [0.4, 0.5) is 13.2 Å². The van der Waals surface area contributed by atoms with E-state index in [-0.39, 0.29) is 5.41 Å². The Morgan fingerprint density at radius 2 is 1.73 bits per heavy atom. The van der Waals surface area contributed by atoms with Crippen LogP contribution in [0.1, 0.15) is 32.1 Å². The van der Waals surface area contributed by atoms with E-state index in [0.29, 0.717) is 12.8 Å². The van der Waals surface area contributed by atoms with Crippen LogP contribution in [0, 0.1) is 11.3 Å². The zero-order valence-electron chi connectivity index (χ0n) is 9.11. The Kier molecular flexibility index (Phi) is 2.73. The van der Waals surface area contributed by atoms with Gasteiger partial charge in [-0.2, -0.15) is 13.2 Å². The van der Waals surface area contributed by atoms with Crippen LogP contribution in [-0.4, -0.2) is 31.2 Å². The quantitative estimate of drug-likeness (QED) is 0.607. The van der Waals surface area contributed by atoms with Crippen molar-refractivity contribution in [3.8, 4) is 0 Å². The first-order valence-electron chi connectivity index (χ1n) is 5.67. The first-order chi connectivity index (χ1) is 6.91. The zero-order valence-corrected chi connectivity index (χ0v) is 9.11. The minimum absolute atomic E-state index is 0.0205. The highest BCUT2D eigenvalue weighted by Crippen LogP contribution is 2.53. The molecule has 0 aromatic heterocycles. The molecule has 1 spiro atoms. The minimum Gasteiger partial charge on any atom is -0.306 e. The lowest BCUT2D eigenvalue weighted by Gasteiger charge is -2.38. The van der Waals surface area contributed by atoms with E-state index in [1.807, 2.05) is 7.05 Å². The molecular weight excluding hydrogens is 203 g/mol. The lowest BCUT2D eigenvalue weighted by atomic mass is 9.76. The number of hydrogen-bond acceptors (Lipinski definition) is 1. The van der Waals surface area contributed by atoms with Crippen LogP contribution in [0.3, 0.4) is 0 Å². The second-order valence-electron chi connectivity index (χ2n) is 5.28. The van der Waals surface area contributed by atoms with Crippen LogP contribution in [0.15, 0.2) is 0 Å². The molecule has 1 atom stereocenters. The fourth-order valence-corrected chi connectivity index (χ4v) is 3.03. The second-order valence-corrected chi connectivity index (χ2v) is 5.28. The molecule has 0 radical (unpaired) electrons. The van der Waals surface area contributed by atoms with Gasteiger partial charge in [0.2, 0.25) is 0 Å². The van der Waals surface area contributed by atoms with E-state index in [2.05, 4.69) is 4.90 Å². The van der Waals surface area contributed by atoms with Gasteiger partial charge in [0.15, 0.2) is 0 Å². The molecule has 15 heavy (non-hydrogen) atoms. The Morgan fingerprint density at radius 1 is 1.13 bits per heavy atom. The summed E-state index contributed by atoms with van der Waals surface area (Å²) in [7, 11) is 2.04. The van der Waals surface area contributed by atoms with Crippen LogP contribution in [0.2, 0.25) is 0 Å². The molecule has 1 aliphatic heterocycles. The molecule has 1 saturated heterocycles. The van der Waals surface area contributed by atoms with Crippen molar-refractivity contribution in [2.24, 2.45) is 11.3 Å². The normalized spacial score (nSPS) is 32.4. The molecule has 2 rings (SSSR count). The molecule has 2 fully saturated rings. The summed E-state index contributed by atoms with van der Waals surface area (Å²) < 4.78 is 37.7. The summed E-state index contributed by atoms with van der Waals surface area (Å²) in [5.41, 5.74) is 0.0205. The number of alkyl halides is 3. The minimum atomic E-state index is -3.97. The van der Waals surface area contributed by atoms with Crippen molar-refractivity contribution in [1.82, 2.24) is 4.90 Å². The average molecular weight is 221 g/mol.